The largest absolute Gasteiger partial charge is 0.391 e. The van der Waals surface area contributed by atoms with Gasteiger partial charge in [-0.1, -0.05) is 45.0 Å². The van der Waals surface area contributed by atoms with Gasteiger partial charge in [0.25, 0.3) is 0 Å². The Hall–Kier alpha value is -2.09. The molecule has 2 N–H and O–H groups in total. The highest BCUT2D eigenvalue weighted by Gasteiger charge is 2.44. The number of ketones is 1. The minimum atomic E-state index is -0.671. The summed E-state index contributed by atoms with van der Waals surface area (Å²) in [6, 6.07) is 7.22. The summed E-state index contributed by atoms with van der Waals surface area (Å²) >= 11 is 1.62. The van der Waals surface area contributed by atoms with E-state index in [4.69, 9.17) is 0 Å². The molecular formula is C27H39N3O3S. The normalized spacial score (nSPS) is 19.9. The van der Waals surface area contributed by atoms with Crippen molar-refractivity contribution in [3.8, 4) is 10.4 Å². The highest BCUT2D eigenvalue weighted by atomic mass is 32.1. The Kier molecular flexibility index (Phi) is 8.00. The van der Waals surface area contributed by atoms with Crippen LogP contribution in [0.3, 0.4) is 0 Å². The number of hydrogen-bond donors (Lipinski definition) is 2. The fourth-order valence-electron chi connectivity index (χ4n) is 4.45. The van der Waals surface area contributed by atoms with E-state index in [0.717, 1.165) is 21.7 Å². The van der Waals surface area contributed by atoms with Gasteiger partial charge in [0.15, 0.2) is 5.78 Å². The van der Waals surface area contributed by atoms with Crippen LogP contribution in [0.5, 0.6) is 0 Å². The molecule has 0 spiro atoms. The van der Waals surface area contributed by atoms with E-state index in [2.05, 4.69) is 34.6 Å². The third-order valence-corrected chi connectivity index (χ3v) is 7.22. The fraction of sp³-hybridized carbons (Fsp3) is 0.593. The lowest BCUT2D eigenvalue weighted by atomic mass is 9.84. The van der Waals surface area contributed by atoms with Crippen LogP contribution in [0.2, 0.25) is 0 Å². The van der Waals surface area contributed by atoms with Crippen molar-refractivity contribution >= 4 is 23.0 Å². The topological polar surface area (TPSA) is 82.5 Å². The lowest BCUT2D eigenvalue weighted by molar-refractivity contribution is -0.142. The number of likely N-dealkylation sites (tertiary alicyclic amines) is 1. The standard InChI is InChI=1S/C27H39N3O3S/c1-17-23(34-16-28-17)19-11-8-18(9-12-19)10-13-22(32)21-14-20(31)15-30(21)25(33)24(26(2,3)4)29-27(5,6)7/h8-9,11-12,16,20-21,24,29,31H,10,13-15H2,1-7H3/t20-,21+,24-/m1/s1. The van der Waals surface area contributed by atoms with Crippen LogP contribution in [-0.2, 0) is 16.0 Å². The highest BCUT2D eigenvalue weighted by Crippen LogP contribution is 2.29. The molecule has 0 saturated carbocycles. The molecule has 3 atom stereocenters. The van der Waals surface area contributed by atoms with Gasteiger partial charge in [-0.15, -0.1) is 11.3 Å². The molecule has 1 saturated heterocycles. The Balaban J connectivity index is 1.68. The first kappa shape index (κ1) is 26.5. The second-order valence-corrected chi connectivity index (χ2v) is 12.4. The van der Waals surface area contributed by atoms with Gasteiger partial charge in [-0.25, -0.2) is 4.98 Å². The maximum Gasteiger partial charge on any atom is 0.240 e. The zero-order valence-electron chi connectivity index (χ0n) is 21.5. The number of rotatable bonds is 7. The quantitative estimate of drug-likeness (QED) is 0.608. The lowest BCUT2D eigenvalue weighted by Crippen LogP contribution is -2.59. The average molecular weight is 486 g/mol. The van der Waals surface area contributed by atoms with Crippen molar-refractivity contribution in [3.63, 3.8) is 0 Å². The molecule has 1 aliphatic rings. The molecule has 2 aromatic rings. The van der Waals surface area contributed by atoms with Crippen molar-refractivity contribution < 1.29 is 14.7 Å². The van der Waals surface area contributed by atoms with E-state index in [-0.39, 0.29) is 29.2 Å². The lowest BCUT2D eigenvalue weighted by Gasteiger charge is -2.39. The number of hydrogen-bond acceptors (Lipinski definition) is 6. The van der Waals surface area contributed by atoms with E-state index < -0.39 is 18.2 Å². The van der Waals surface area contributed by atoms with Crippen LogP contribution in [0.25, 0.3) is 10.4 Å². The van der Waals surface area contributed by atoms with Gasteiger partial charge in [0, 0.05) is 24.9 Å². The number of Topliss-reactive ketones (excluding diaryl/α,β-unsaturated/α-hetero) is 1. The number of nitrogens with one attached hydrogen (secondary N) is 1. The van der Waals surface area contributed by atoms with Gasteiger partial charge in [-0.3, -0.25) is 9.59 Å². The molecule has 6 nitrogen and oxygen atoms in total. The first-order valence-electron chi connectivity index (χ1n) is 12.0. The van der Waals surface area contributed by atoms with Gasteiger partial charge in [0.05, 0.1) is 34.3 Å². The van der Waals surface area contributed by atoms with Crippen molar-refractivity contribution in [2.24, 2.45) is 5.41 Å². The van der Waals surface area contributed by atoms with Crippen LogP contribution < -0.4 is 5.32 Å². The van der Waals surface area contributed by atoms with Crippen LogP contribution in [-0.4, -0.2) is 57.0 Å². The SMILES string of the molecule is Cc1ncsc1-c1ccc(CCC(=O)[C@@H]2C[C@@H](O)CN2C(=O)[C@@H](NC(C)(C)C)C(C)(C)C)cc1. The van der Waals surface area contributed by atoms with Crippen molar-refractivity contribution in [1.29, 1.82) is 0 Å². The molecule has 34 heavy (non-hydrogen) atoms. The minimum absolute atomic E-state index is 0.00990. The molecule has 1 amide bonds. The summed E-state index contributed by atoms with van der Waals surface area (Å²) in [5, 5.41) is 13.8. The Bertz CT molecular complexity index is 1000. The first-order chi connectivity index (χ1) is 15.8. The number of carbonyl (C=O) groups excluding carboxylic acids is 2. The van der Waals surface area contributed by atoms with E-state index >= 15 is 0 Å². The molecule has 1 aromatic heterocycles. The summed E-state index contributed by atoms with van der Waals surface area (Å²) in [6.07, 6.45) is 0.585. The monoisotopic (exact) mass is 485 g/mol. The van der Waals surface area contributed by atoms with Crippen LogP contribution in [0.1, 0.15) is 65.6 Å². The molecule has 1 aromatic carbocycles. The van der Waals surface area contributed by atoms with Gasteiger partial charge in [0.2, 0.25) is 5.91 Å². The highest BCUT2D eigenvalue weighted by molar-refractivity contribution is 7.13. The summed E-state index contributed by atoms with van der Waals surface area (Å²) < 4.78 is 0. The van der Waals surface area contributed by atoms with E-state index in [0.29, 0.717) is 19.3 Å². The predicted octanol–water partition coefficient (Wildman–Crippen LogP) is 4.38. The Morgan fingerprint density at radius 2 is 1.82 bits per heavy atom. The number of carbonyl (C=O) groups is 2. The summed E-state index contributed by atoms with van der Waals surface area (Å²) in [6.45, 7) is 14.4. The Morgan fingerprint density at radius 3 is 2.35 bits per heavy atom. The second kappa shape index (κ2) is 10.3. The van der Waals surface area contributed by atoms with Crippen molar-refractivity contribution in [1.82, 2.24) is 15.2 Å². The number of thiazole rings is 1. The third-order valence-electron chi connectivity index (χ3n) is 6.25. The number of aliphatic hydroxyl groups excluding tert-OH is 1. The zero-order chi connectivity index (χ0) is 25.3. The van der Waals surface area contributed by atoms with Crippen molar-refractivity contribution in [2.45, 2.75) is 91.5 Å². The van der Waals surface area contributed by atoms with Gasteiger partial charge in [-0.2, -0.15) is 0 Å². The van der Waals surface area contributed by atoms with Crippen molar-refractivity contribution in [2.75, 3.05) is 6.54 Å². The van der Waals surface area contributed by atoms with Gasteiger partial charge in [0.1, 0.15) is 0 Å². The molecule has 2 heterocycles. The molecule has 0 bridgehead atoms. The van der Waals surface area contributed by atoms with E-state index in [1.165, 1.54) is 0 Å². The number of aryl methyl sites for hydroxylation is 2. The third kappa shape index (κ3) is 6.52. The average Bonchev–Trinajstić information content (AvgIpc) is 3.34. The maximum atomic E-state index is 13.6. The molecule has 7 heteroatoms. The Labute approximate surface area is 207 Å². The number of aromatic nitrogens is 1. The first-order valence-corrected chi connectivity index (χ1v) is 12.9. The van der Waals surface area contributed by atoms with Crippen molar-refractivity contribution in [3.05, 3.63) is 41.0 Å². The Morgan fingerprint density at radius 1 is 1.18 bits per heavy atom. The molecule has 1 aliphatic heterocycles. The molecule has 0 radical (unpaired) electrons. The van der Waals surface area contributed by atoms with Gasteiger partial charge < -0.3 is 15.3 Å². The molecule has 0 unspecified atom stereocenters. The fourth-order valence-corrected chi connectivity index (χ4v) is 5.26. The molecule has 1 fully saturated rings. The molecule has 186 valence electrons. The number of nitrogens with zero attached hydrogens (tertiary/aromatic N) is 2. The van der Waals surface area contributed by atoms with Crippen LogP contribution >= 0.6 is 11.3 Å². The second-order valence-electron chi connectivity index (χ2n) is 11.5. The summed E-state index contributed by atoms with van der Waals surface area (Å²) in [4.78, 5) is 33.9. The maximum absolute atomic E-state index is 13.6. The number of amides is 1. The number of benzene rings is 1. The van der Waals surface area contributed by atoms with E-state index in [1.54, 1.807) is 16.2 Å². The summed E-state index contributed by atoms with van der Waals surface area (Å²) in [5.41, 5.74) is 4.50. The molecule has 0 aliphatic carbocycles. The number of aliphatic hydroxyl groups is 1. The summed E-state index contributed by atoms with van der Waals surface area (Å²) in [5.74, 6) is -0.0997. The van der Waals surface area contributed by atoms with E-state index in [1.807, 2.05) is 54.0 Å². The molecular weight excluding hydrogens is 446 g/mol. The van der Waals surface area contributed by atoms with Crippen LogP contribution in [0.15, 0.2) is 29.8 Å². The van der Waals surface area contributed by atoms with Gasteiger partial charge in [-0.05, 0) is 50.7 Å². The van der Waals surface area contributed by atoms with Gasteiger partial charge >= 0.3 is 0 Å². The summed E-state index contributed by atoms with van der Waals surface area (Å²) in [7, 11) is 0. The van der Waals surface area contributed by atoms with Crippen LogP contribution in [0, 0.1) is 12.3 Å². The zero-order valence-corrected chi connectivity index (χ0v) is 22.3. The van der Waals surface area contributed by atoms with E-state index in [9.17, 15) is 14.7 Å². The minimum Gasteiger partial charge on any atom is -0.391 e. The smallest absolute Gasteiger partial charge is 0.240 e. The van der Waals surface area contributed by atoms with Crippen LogP contribution in [0.4, 0.5) is 0 Å². The predicted molar refractivity (Wildman–Crippen MR) is 138 cm³/mol. The molecule has 3 rings (SSSR count). The number of β-amino-alcohol motifs (C(OH)–C–C–N with tert-alkyl or cyclic N) is 1.